The predicted molar refractivity (Wildman–Crippen MR) is 139 cm³/mol. The van der Waals surface area contributed by atoms with E-state index in [0.29, 0.717) is 31.1 Å². The van der Waals surface area contributed by atoms with Crippen LogP contribution >= 0.6 is 27.5 Å². The summed E-state index contributed by atoms with van der Waals surface area (Å²) in [5.74, 6) is -0.593. The van der Waals surface area contributed by atoms with Gasteiger partial charge >= 0.3 is 12.5 Å². The van der Waals surface area contributed by atoms with Gasteiger partial charge in [-0.3, -0.25) is 4.79 Å². The Morgan fingerprint density at radius 2 is 1.86 bits per heavy atom. The Kier molecular flexibility index (Phi) is 10.5. The van der Waals surface area contributed by atoms with Crippen molar-refractivity contribution in [2.45, 2.75) is 46.6 Å². The molecule has 2 amide bonds. The summed E-state index contributed by atoms with van der Waals surface area (Å²) in [6.07, 6.45) is -3.96. The molecule has 2 aromatic rings. The number of rotatable bonds is 9. The minimum Gasteiger partial charge on any atom is -0.444 e. The van der Waals surface area contributed by atoms with Gasteiger partial charge in [0, 0.05) is 19.6 Å². The highest BCUT2D eigenvalue weighted by Crippen LogP contribution is 2.35. The topological polar surface area (TPSA) is 92.8 Å². The number of nitrogens with one attached hydrogen (secondary N) is 2. The van der Waals surface area contributed by atoms with Crippen molar-refractivity contribution in [2.75, 3.05) is 30.3 Å². The molecule has 0 radical (unpaired) electrons. The first kappa shape index (κ1) is 30.5. The number of hydrogen-bond donors (Lipinski definition) is 2. The van der Waals surface area contributed by atoms with E-state index < -0.39 is 29.7 Å². The quantitative estimate of drug-likeness (QED) is 0.320. The van der Waals surface area contributed by atoms with E-state index >= 15 is 0 Å². The second-order valence-electron chi connectivity index (χ2n) is 9.44. The summed E-state index contributed by atoms with van der Waals surface area (Å²) in [5.41, 5.74) is -0.517. The first-order valence-electron chi connectivity index (χ1n) is 11.3. The summed E-state index contributed by atoms with van der Waals surface area (Å²) in [4.78, 5) is 30.9. The molecule has 0 spiro atoms. The van der Waals surface area contributed by atoms with E-state index in [2.05, 4.69) is 36.3 Å². The van der Waals surface area contributed by atoms with Crippen LogP contribution in [0.1, 0.15) is 45.0 Å². The molecule has 0 atom stereocenters. The fourth-order valence-corrected chi connectivity index (χ4v) is 3.83. The number of alkyl halides is 3. The van der Waals surface area contributed by atoms with Crippen LogP contribution in [0.4, 0.5) is 29.5 Å². The van der Waals surface area contributed by atoms with E-state index in [9.17, 15) is 22.8 Å². The van der Waals surface area contributed by atoms with Crippen LogP contribution in [0.15, 0.2) is 34.9 Å². The van der Waals surface area contributed by atoms with Gasteiger partial charge < -0.3 is 25.0 Å². The molecule has 37 heavy (non-hydrogen) atoms. The minimum absolute atomic E-state index is 0.0536. The fourth-order valence-electron chi connectivity index (χ4n) is 3.02. The molecule has 0 saturated carbocycles. The summed E-state index contributed by atoms with van der Waals surface area (Å²) in [6, 6.07) is 5.21. The zero-order chi connectivity index (χ0) is 28.0. The standard InChI is InChI=1S/C24H29BrClF3N4O4/c1-14(2)13-33(22(35)37-23(3,4)5)9-8-30-20-7-6-15(12-31-20)32-21(34)16-10-19(36-24(27,28)29)17(25)11-18(16)26/h6-7,10-12,14H,8-9,13H2,1-5H3,(H,30,31)(H,32,34). The van der Waals surface area contributed by atoms with Crippen molar-refractivity contribution in [2.24, 2.45) is 5.92 Å². The predicted octanol–water partition coefficient (Wildman–Crippen LogP) is 6.95. The van der Waals surface area contributed by atoms with E-state index in [1.807, 2.05) is 13.8 Å². The summed E-state index contributed by atoms with van der Waals surface area (Å²) in [5, 5.41) is 5.56. The van der Waals surface area contributed by atoms with Gasteiger partial charge in [0.25, 0.3) is 5.91 Å². The highest BCUT2D eigenvalue weighted by atomic mass is 79.9. The number of pyridine rings is 1. The van der Waals surface area contributed by atoms with Crippen LogP contribution in [0.25, 0.3) is 0 Å². The molecule has 0 aliphatic carbocycles. The van der Waals surface area contributed by atoms with Gasteiger partial charge in [-0.1, -0.05) is 25.4 Å². The lowest BCUT2D eigenvalue weighted by molar-refractivity contribution is -0.274. The largest absolute Gasteiger partial charge is 0.573 e. The molecule has 0 aliphatic rings. The number of anilines is 2. The number of ether oxygens (including phenoxy) is 2. The van der Waals surface area contributed by atoms with Crippen molar-refractivity contribution in [3.8, 4) is 5.75 Å². The second kappa shape index (κ2) is 12.7. The van der Waals surface area contributed by atoms with Gasteiger partial charge in [0.2, 0.25) is 0 Å². The van der Waals surface area contributed by atoms with Crippen LogP contribution in [-0.2, 0) is 4.74 Å². The number of benzene rings is 1. The van der Waals surface area contributed by atoms with Gasteiger partial charge in [0.1, 0.15) is 17.2 Å². The third-order valence-electron chi connectivity index (χ3n) is 4.44. The van der Waals surface area contributed by atoms with Crippen molar-refractivity contribution in [3.63, 3.8) is 0 Å². The Hall–Kier alpha value is -2.73. The van der Waals surface area contributed by atoms with Crippen molar-refractivity contribution in [1.29, 1.82) is 0 Å². The summed E-state index contributed by atoms with van der Waals surface area (Å²) < 4.78 is 47.2. The molecule has 1 heterocycles. The Morgan fingerprint density at radius 3 is 2.41 bits per heavy atom. The first-order valence-corrected chi connectivity index (χ1v) is 12.4. The summed E-state index contributed by atoms with van der Waals surface area (Å²) in [6.45, 7) is 10.8. The maximum absolute atomic E-state index is 12.6. The van der Waals surface area contributed by atoms with Crippen LogP contribution in [-0.4, -0.2) is 53.5 Å². The molecule has 0 bridgehead atoms. The van der Waals surface area contributed by atoms with E-state index in [-0.39, 0.29) is 21.0 Å². The Labute approximate surface area is 227 Å². The lowest BCUT2D eigenvalue weighted by Crippen LogP contribution is -2.41. The van der Waals surface area contributed by atoms with E-state index in [1.54, 1.807) is 37.8 Å². The van der Waals surface area contributed by atoms with E-state index in [1.165, 1.54) is 6.20 Å². The van der Waals surface area contributed by atoms with Gasteiger partial charge in [0.05, 0.1) is 26.9 Å². The van der Waals surface area contributed by atoms with Gasteiger partial charge in [-0.2, -0.15) is 0 Å². The zero-order valence-electron chi connectivity index (χ0n) is 21.0. The van der Waals surface area contributed by atoms with Crippen LogP contribution in [0.2, 0.25) is 5.02 Å². The molecule has 0 saturated heterocycles. The number of hydrogen-bond acceptors (Lipinski definition) is 6. The van der Waals surface area contributed by atoms with Crippen molar-refractivity contribution in [1.82, 2.24) is 9.88 Å². The molecule has 2 N–H and O–H groups in total. The number of halogens is 5. The van der Waals surface area contributed by atoms with Gasteiger partial charge in [0.15, 0.2) is 0 Å². The van der Waals surface area contributed by atoms with Crippen molar-refractivity contribution < 1.29 is 32.2 Å². The molecule has 0 fully saturated rings. The molecule has 1 aromatic heterocycles. The molecule has 8 nitrogen and oxygen atoms in total. The van der Waals surface area contributed by atoms with E-state index in [4.69, 9.17) is 16.3 Å². The Bertz CT molecular complexity index is 1090. The maximum Gasteiger partial charge on any atom is 0.573 e. The SMILES string of the molecule is CC(C)CN(CCNc1ccc(NC(=O)c2cc(OC(F)(F)F)c(Br)cc2Cl)cn1)C(=O)OC(C)(C)C. The van der Waals surface area contributed by atoms with Crippen LogP contribution < -0.4 is 15.4 Å². The molecule has 2 rings (SSSR count). The Balaban J connectivity index is 2.00. The van der Waals surface area contributed by atoms with Crippen LogP contribution in [0, 0.1) is 5.92 Å². The Morgan fingerprint density at radius 1 is 1.19 bits per heavy atom. The molecule has 1 aromatic carbocycles. The zero-order valence-corrected chi connectivity index (χ0v) is 23.3. The number of carbonyl (C=O) groups excluding carboxylic acids is 2. The highest BCUT2D eigenvalue weighted by molar-refractivity contribution is 9.10. The fraction of sp³-hybridized carbons (Fsp3) is 0.458. The van der Waals surface area contributed by atoms with Crippen molar-refractivity contribution >= 4 is 51.0 Å². The molecule has 0 unspecified atom stereocenters. The molecule has 0 aliphatic heterocycles. The third-order valence-corrected chi connectivity index (χ3v) is 5.37. The summed E-state index contributed by atoms with van der Waals surface area (Å²) >= 11 is 8.97. The average Bonchev–Trinajstić information content (AvgIpc) is 2.73. The van der Waals surface area contributed by atoms with E-state index in [0.717, 1.165) is 12.1 Å². The van der Waals surface area contributed by atoms with Crippen LogP contribution in [0.5, 0.6) is 5.75 Å². The smallest absolute Gasteiger partial charge is 0.444 e. The summed E-state index contributed by atoms with van der Waals surface area (Å²) in [7, 11) is 0. The monoisotopic (exact) mass is 608 g/mol. The highest BCUT2D eigenvalue weighted by Gasteiger charge is 2.32. The van der Waals surface area contributed by atoms with Crippen molar-refractivity contribution in [3.05, 3.63) is 45.5 Å². The van der Waals surface area contributed by atoms with Gasteiger partial charge in [-0.15, -0.1) is 13.2 Å². The lowest BCUT2D eigenvalue weighted by atomic mass is 10.2. The maximum atomic E-state index is 12.6. The third kappa shape index (κ3) is 10.6. The molecular formula is C24H29BrClF3N4O4. The lowest BCUT2D eigenvalue weighted by Gasteiger charge is -2.28. The van der Waals surface area contributed by atoms with Gasteiger partial charge in [-0.25, -0.2) is 9.78 Å². The minimum atomic E-state index is -4.93. The van der Waals surface area contributed by atoms with Crippen LogP contribution in [0.3, 0.4) is 0 Å². The van der Waals surface area contributed by atoms with Gasteiger partial charge in [-0.05, 0) is 66.9 Å². The number of aromatic nitrogens is 1. The number of amides is 2. The second-order valence-corrected chi connectivity index (χ2v) is 10.7. The average molecular weight is 610 g/mol. The normalized spacial score (nSPS) is 11.8. The molecular weight excluding hydrogens is 581 g/mol. The molecule has 13 heteroatoms. The molecule has 204 valence electrons. The first-order chi connectivity index (χ1) is 17.0. The number of carbonyl (C=O) groups is 2. The number of nitrogens with zero attached hydrogens (tertiary/aromatic N) is 2.